The Hall–Kier alpha value is -3.74. The quantitative estimate of drug-likeness (QED) is 0.160. The second-order valence-electron chi connectivity index (χ2n) is 8.30. The normalized spacial score (nSPS) is 10.3. The lowest BCUT2D eigenvalue weighted by Gasteiger charge is -2.10. The molecule has 0 unspecified atom stereocenters. The maximum Gasteiger partial charge on any atom is 0.274 e. The number of halogens is 2. The van der Waals surface area contributed by atoms with Crippen molar-refractivity contribution in [3.05, 3.63) is 115 Å². The molecule has 0 bridgehead atoms. The molecule has 0 aliphatic heterocycles. The smallest absolute Gasteiger partial charge is 0.274 e. The van der Waals surface area contributed by atoms with Crippen molar-refractivity contribution >= 4 is 34.6 Å². The van der Waals surface area contributed by atoms with Crippen LogP contribution in [0.4, 0.5) is 11.4 Å². The summed E-state index contributed by atoms with van der Waals surface area (Å²) in [5.41, 5.74) is 10.2. The van der Waals surface area contributed by atoms with Crippen LogP contribution < -0.4 is 15.2 Å². The SMILES string of the molecule is Cc1ccc(Oc2cc(C)c(N)cc2Cl)cc1.Cc1ccc(Oc2cc(C)c([N+](=O)[O-])cc2Cl)cc1. The highest BCUT2D eigenvalue weighted by Gasteiger charge is 2.15. The molecule has 0 aliphatic carbocycles. The number of benzene rings is 4. The van der Waals surface area contributed by atoms with Crippen molar-refractivity contribution in [2.75, 3.05) is 5.73 Å². The molecule has 0 radical (unpaired) electrons. The van der Waals surface area contributed by atoms with E-state index in [9.17, 15) is 10.1 Å². The molecule has 4 aromatic carbocycles. The fourth-order valence-electron chi connectivity index (χ4n) is 3.13. The van der Waals surface area contributed by atoms with Gasteiger partial charge in [-0.3, -0.25) is 10.1 Å². The molecule has 2 N–H and O–H groups in total. The minimum Gasteiger partial charge on any atom is -0.456 e. The maximum absolute atomic E-state index is 10.8. The topological polar surface area (TPSA) is 87.6 Å². The van der Waals surface area contributed by atoms with E-state index >= 15 is 0 Å². The van der Waals surface area contributed by atoms with Crippen molar-refractivity contribution < 1.29 is 14.4 Å². The minimum atomic E-state index is -0.461. The number of anilines is 1. The van der Waals surface area contributed by atoms with Crippen molar-refractivity contribution in [1.82, 2.24) is 0 Å². The number of nitrogens with zero attached hydrogens (tertiary/aromatic N) is 1. The zero-order valence-corrected chi connectivity index (χ0v) is 21.9. The van der Waals surface area contributed by atoms with Gasteiger partial charge in [-0.1, -0.05) is 58.6 Å². The summed E-state index contributed by atoms with van der Waals surface area (Å²) in [6, 6.07) is 21.7. The summed E-state index contributed by atoms with van der Waals surface area (Å²) in [6.45, 7) is 7.58. The third-order valence-corrected chi connectivity index (χ3v) is 5.86. The van der Waals surface area contributed by atoms with Gasteiger partial charge in [-0.2, -0.15) is 0 Å². The van der Waals surface area contributed by atoms with Crippen molar-refractivity contribution in [3.63, 3.8) is 0 Å². The molecule has 186 valence electrons. The van der Waals surface area contributed by atoms with Gasteiger partial charge in [0.25, 0.3) is 5.69 Å². The van der Waals surface area contributed by atoms with E-state index in [1.54, 1.807) is 19.1 Å². The highest BCUT2D eigenvalue weighted by molar-refractivity contribution is 6.32. The fourth-order valence-corrected chi connectivity index (χ4v) is 3.54. The predicted molar refractivity (Wildman–Crippen MR) is 146 cm³/mol. The van der Waals surface area contributed by atoms with Gasteiger partial charge in [0.05, 0.1) is 15.0 Å². The average Bonchev–Trinajstić information content (AvgIpc) is 2.82. The van der Waals surface area contributed by atoms with E-state index in [2.05, 4.69) is 0 Å². The first kappa shape index (κ1) is 26.9. The van der Waals surface area contributed by atoms with E-state index in [0.717, 1.165) is 16.9 Å². The molecule has 4 aromatic rings. The van der Waals surface area contributed by atoms with Crippen LogP contribution in [0.15, 0.2) is 72.8 Å². The fraction of sp³-hybridized carbons (Fsp3) is 0.143. The van der Waals surface area contributed by atoms with Gasteiger partial charge in [-0.25, -0.2) is 0 Å². The van der Waals surface area contributed by atoms with E-state index in [1.165, 1.54) is 11.6 Å². The highest BCUT2D eigenvalue weighted by atomic mass is 35.5. The Balaban J connectivity index is 0.000000202. The lowest BCUT2D eigenvalue weighted by molar-refractivity contribution is -0.385. The largest absolute Gasteiger partial charge is 0.456 e. The molecule has 0 amide bonds. The molecule has 0 aromatic heterocycles. The number of nitro groups is 1. The first-order valence-corrected chi connectivity index (χ1v) is 11.8. The standard InChI is InChI=1S/C14H12ClNO3.C14H14ClNO/c1-9-3-5-11(6-4-9)19-14-7-10(2)13(16(17)18)8-12(14)15;1-9-3-5-11(6-4-9)17-14-7-10(2)13(16)8-12(14)15/h3-8H,1-2H3;3-8H,16H2,1-2H3. The molecular weight excluding hydrogens is 499 g/mol. The Morgan fingerprint density at radius 2 is 1.11 bits per heavy atom. The van der Waals surface area contributed by atoms with Gasteiger partial charge in [0, 0.05) is 17.3 Å². The lowest BCUT2D eigenvalue weighted by atomic mass is 10.2. The summed E-state index contributed by atoms with van der Waals surface area (Å²) in [6.07, 6.45) is 0. The lowest BCUT2D eigenvalue weighted by Crippen LogP contribution is -1.93. The van der Waals surface area contributed by atoms with Crippen LogP contribution in [0.25, 0.3) is 0 Å². The number of hydrogen-bond acceptors (Lipinski definition) is 5. The third-order valence-electron chi connectivity index (χ3n) is 5.27. The van der Waals surface area contributed by atoms with Gasteiger partial charge in [0.15, 0.2) is 0 Å². The number of aryl methyl sites for hydroxylation is 4. The van der Waals surface area contributed by atoms with Crippen molar-refractivity contribution in [2.24, 2.45) is 0 Å². The predicted octanol–water partition coefficient (Wildman–Crippen LogP) is 8.99. The first-order valence-electron chi connectivity index (χ1n) is 11.0. The van der Waals surface area contributed by atoms with Gasteiger partial charge < -0.3 is 15.2 Å². The summed E-state index contributed by atoms with van der Waals surface area (Å²) < 4.78 is 11.3. The molecule has 0 saturated heterocycles. The van der Waals surface area contributed by atoms with E-state index in [1.807, 2.05) is 75.4 Å². The van der Waals surface area contributed by atoms with Crippen LogP contribution in [0.3, 0.4) is 0 Å². The van der Waals surface area contributed by atoms with Crippen LogP contribution >= 0.6 is 23.2 Å². The Kier molecular flexibility index (Phi) is 8.80. The van der Waals surface area contributed by atoms with Gasteiger partial charge in [-0.05, 0) is 75.7 Å². The zero-order valence-electron chi connectivity index (χ0n) is 20.3. The number of rotatable bonds is 5. The van der Waals surface area contributed by atoms with Gasteiger partial charge in [0.2, 0.25) is 0 Å². The number of ether oxygens (including phenoxy) is 2. The number of hydrogen-bond donors (Lipinski definition) is 1. The second-order valence-corrected chi connectivity index (χ2v) is 9.11. The monoisotopic (exact) mass is 524 g/mol. The second kappa shape index (κ2) is 11.8. The number of nitrogen functional groups attached to an aromatic ring is 1. The molecule has 8 heteroatoms. The summed E-state index contributed by atoms with van der Waals surface area (Å²) in [5, 5.41) is 11.5. The summed E-state index contributed by atoms with van der Waals surface area (Å²) in [7, 11) is 0. The van der Waals surface area contributed by atoms with Crippen LogP contribution in [-0.4, -0.2) is 4.92 Å². The van der Waals surface area contributed by atoms with Crippen LogP contribution in [0.5, 0.6) is 23.0 Å². The Bertz CT molecular complexity index is 1370. The molecule has 0 fully saturated rings. The molecular formula is C28H26Cl2N2O4. The summed E-state index contributed by atoms with van der Waals surface area (Å²) in [5.74, 6) is 2.44. The van der Waals surface area contributed by atoms with Gasteiger partial charge >= 0.3 is 0 Å². The van der Waals surface area contributed by atoms with E-state index < -0.39 is 4.92 Å². The van der Waals surface area contributed by atoms with Crippen molar-refractivity contribution in [3.8, 4) is 23.0 Å². The highest BCUT2D eigenvalue weighted by Crippen LogP contribution is 2.35. The van der Waals surface area contributed by atoms with Crippen molar-refractivity contribution in [1.29, 1.82) is 0 Å². The number of nitro benzene ring substituents is 1. The molecule has 0 aliphatic rings. The van der Waals surface area contributed by atoms with E-state index in [0.29, 0.717) is 33.5 Å². The molecule has 4 rings (SSSR count). The first-order chi connectivity index (χ1) is 17.0. The van der Waals surface area contributed by atoms with E-state index in [4.69, 9.17) is 38.4 Å². The van der Waals surface area contributed by atoms with Crippen LogP contribution in [0.2, 0.25) is 10.0 Å². The Morgan fingerprint density at radius 3 is 1.56 bits per heavy atom. The molecule has 36 heavy (non-hydrogen) atoms. The molecule has 0 atom stereocenters. The zero-order chi connectivity index (χ0) is 26.4. The van der Waals surface area contributed by atoms with Crippen LogP contribution in [0.1, 0.15) is 22.3 Å². The number of nitrogens with two attached hydrogens (primary N) is 1. The van der Waals surface area contributed by atoms with Crippen molar-refractivity contribution in [2.45, 2.75) is 27.7 Å². The summed E-state index contributed by atoms with van der Waals surface area (Å²) >= 11 is 12.1. The molecule has 6 nitrogen and oxygen atoms in total. The van der Waals surface area contributed by atoms with Crippen LogP contribution in [0, 0.1) is 37.8 Å². The Labute approximate surface area is 220 Å². The van der Waals surface area contributed by atoms with Gasteiger partial charge in [-0.15, -0.1) is 0 Å². The average molecular weight is 525 g/mol. The maximum atomic E-state index is 10.8. The molecule has 0 heterocycles. The van der Waals surface area contributed by atoms with Crippen LogP contribution in [-0.2, 0) is 0 Å². The van der Waals surface area contributed by atoms with E-state index in [-0.39, 0.29) is 10.7 Å². The minimum absolute atomic E-state index is 0.0127. The third kappa shape index (κ3) is 7.13. The van der Waals surface area contributed by atoms with Gasteiger partial charge in [0.1, 0.15) is 23.0 Å². The molecule has 0 saturated carbocycles. The molecule has 0 spiro atoms. The summed E-state index contributed by atoms with van der Waals surface area (Å²) in [4.78, 5) is 10.3. The Morgan fingerprint density at radius 1 is 0.694 bits per heavy atom.